The molecule has 6 heteroatoms. The Kier molecular flexibility index (Phi) is 9.93. The van der Waals surface area contributed by atoms with Crippen LogP contribution in [0.4, 0.5) is 0 Å². The molecule has 0 aliphatic carbocycles. The SMILES string of the molecule is CC[C@@H](c1cc(Br)ccc1Br)N1CCNCC1.Cl.Cl. The van der Waals surface area contributed by atoms with E-state index < -0.39 is 0 Å². The molecule has 110 valence electrons. The topological polar surface area (TPSA) is 15.3 Å². The molecule has 1 fully saturated rings. The molecular weight excluding hydrogens is 415 g/mol. The van der Waals surface area contributed by atoms with Gasteiger partial charge in [0.25, 0.3) is 0 Å². The Morgan fingerprint density at radius 2 is 1.84 bits per heavy atom. The van der Waals surface area contributed by atoms with Gasteiger partial charge in [0.1, 0.15) is 0 Å². The van der Waals surface area contributed by atoms with E-state index in [0.717, 1.165) is 37.1 Å². The van der Waals surface area contributed by atoms with Crippen molar-refractivity contribution < 1.29 is 0 Å². The Bertz CT molecular complexity index is 385. The minimum Gasteiger partial charge on any atom is -0.314 e. The number of benzene rings is 1. The number of hydrogen-bond acceptors (Lipinski definition) is 2. The predicted octanol–water partition coefficient (Wildman–Crippen LogP) is 4.41. The maximum atomic E-state index is 3.68. The van der Waals surface area contributed by atoms with Gasteiger partial charge in [0.05, 0.1) is 0 Å². The van der Waals surface area contributed by atoms with Crippen molar-refractivity contribution in [3.8, 4) is 0 Å². The summed E-state index contributed by atoms with van der Waals surface area (Å²) >= 11 is 7.24. The highest BCUT2D eigenvalue weighted by molar-refractivity contribution is 9.11. The third kappa shape index (κ3) is 5.18. The lowest BCUT2D eigenvalue weighted by atomic mass is 10.0. The molecule has 2 nitrogen and oxygen atoms in total. The fraction of sp³-hybridized carbons (Fsp3) is 0.538. The number of nitrogens with zero attached hydrogens (tertiary/aromatic N) is 1. The van der Waals surface area contributed by atoms with Crippen LogP contribution in [0, 0.1) is 0 Å². The molecule has 1 aliphatic rings. The normalized spacial score (nSPS) is 17.2. The average molecular weight is 435 g/mol. The van der Waals surface area contributed by atoms with Crippen LogP contribution in [0.15, 0.2) is 27.1 Å². The molecule has 1 aromatic rings. The Labute approximate surface area is 144 Å². The van der Waals surface area contributed by atoms with Crippen LogP contribution in [0.3, 0.4) is 0 Å². The number of halogens is 4. The van der Waals surface area contributed by atoms with Crippen molar-refractivity contribution in [2.75, 3.05) is 26.2 Å². The monoisotopic (exact) mass is 432 g/mol. The lowest BCUT2D eigenvalue weighted by molar-refractivity contribution is 0.169. The molecule has 19 heavy (non-hydrogen) atoms. The van der Waals surface area contributed by atoms with Gasteiger partial charge in [-0.2, -0.15) is 0 Å². The van der Waals surface area contributed by atoms with Crippen LogP contribution in [0.25, 0.3) is 0 Å². The summed E-state index contributed by atoms with van der Waals surface area (Å²) in [4.78, 5) is 2.57. The maximum absolute atomic E-state index is 3.68. The van der Waals surface area contributed by atoms with Crippen LogP contribution in [0.5, 0.6) is 0 Å². The van der Waals surface area contributed by atoms with E-state index in [9.17, 15) is 0 Å². The third-order valence-corrected chi connectivity index (χ3v) is 4.51. The summed E-state index contributed by atoms with van der Waals surface area (Å²) < 4.78 is 2.37. The summed E-state index contributed by atoms with van der Waals surface area (Å²) in [6, 6.07) is 6.96. The lowest BCUT2D eigenvalue weighted by Crippen LogP contribution is -2.45. The Morgan fingerprint density at radius 1 is 1.21 bits per heavy atom. The fourth-order valence-electron chi connectivity index (χ4n) is 2.44. The average Bonchev–Trinajstić information content (AvgIpc) is 2.36. The fourth-order valence-corrected chi connectivity index (χ4v) is 3.33. The van der Waals surface area contributed by atoms with Gasteiger partial charge in [-0.1, -0.05) is 38.8 Å². The maximum Gasteiger partial charge on any atom is 0.0358 e. The van der Waals surface area contributed by atoms with E-state index >= 15 is 0 Å². The van der Waals surface area contributed by atoms with Crippen molar-refractivity contribution in [1.29, 1.82) is 0 Å². The molecule has 1 N–H and O–H groups in total. The molecular formula is C13H20Br2Cl2N2. The standard InChI is InChI=1S/C13H18Br2N2.2ClH/c1-2-13(17-7-5-16-6-8-17)11-9-10(14)3-4-12(11)15;;/h3-4,9,13,16H,2,5-8H2,1H3;2*1H/t13-;;/m0../s1. The molecule has 1 atom stereocenters. The van der Waals surface area contributed by atoms with E-state index in [1.807, 2.05) is 0 Å². The van der Waals surface area contributed by atoms with E-state index in [1.54, 1.807) is 0 Å². The van der Waals surface area contributed by atoms with Gasteiger partial charge in [0.2, 0.25) is 0 Å². The van der Waals surface area contributed by atoms with Gasteiger partial charge >= 0.3 is 0 Å². The minimum atomic E-state index is 0. The van der Waals surface area contributed by atoms with Crippen LogP contribution in [0.1, 0.15) is 24.9 Å². The lowest BCUT2D eigenvalue weighted by Gasteiger charge is -2.35. The Balaban J connectivity index is 0.00000162. The first-order valence-corrected chi connectivity index (χ1v) is 7.70. The summed E-state index contributed by atoms with van der Waals surface area (Å²) in [5.41, 5.74) is 1.39. The highest BCUT2D eigenvalue weighted by atomic mass is 79.9. The number of rotatable bonds is 3. The van der Waals surface area contributed by atoms with Crippen LogP contribution in [0.2, 0.25) is 0 Å². The molecule has 0 bridgehead atoms. The zero-order chi connectivity index (χ0) is 12.3. The molecule has 0 radical (unpaired) electrons. The van der Waals surface area contributed by atoms with Crippen LogP contribution < -0.4 is 5.32 Å². The second-order valence-electron chi connectivity index (χ2n) is 4.38. The zero-order valence-corrected chi connectivity index (χ0v) is 15.7. The summed E-state index contributed by atoms with van der Waals surface area (Å²) in [7, 11) is 0. The van der Waals surface area contributed by atoms with Gasteiger partial charge in [-0.3, -0.25) is 4.90 Å². The highest BCUT2D eigenvalue weighted by Gasteiger charge is 2.22. The summed E-state index contributed by atoms with van der Waals surface area (Å²) in [5, 5.41) is 3.41. The first-order chi connectivity index (χ1) is 8.22. The smallest absolute Gasteiger partial charge is 0.0358 e. The second-order valence-corrected chi connectivity index (χ2v) is 6.15. The summed E-state index contributed by atoms with van der Waals surface area (Å²) in [6.07, 6.45) is 1.15. The predicted molar refractivity (Wildman–Crippen MR) is 93.8 cm³/mol. The molecule has 0 aromatic heterocycles. The number of hydrogen-bond donors (Lipinski definition) is 1. The van der Waals surface area contributed by atoms with Gasteiger partial charge in [-0.05, 0) is 30.2 Å². The molecule has 1 aliphatic heterocycles. The van der Waals surface area contributed by atoms with Crippen molar-refractivity contribution in [1.82, 2.24) is 10.2 Å². The number of piperazine rings is 1. The van der Waals surface area contributed by atoms with Gasteiger partial charge in [0.15, 0.2) is 0 Å². The third-order valence-electron chi connectivity index (χ3n) is 3.30. The molecule has 2 rings (SSSR count). The van der Waals surface area contributed by atoms with Crippen LogP contribution in [-0.2, 0) is 0 Å². The largest absolute Gasteiger partial charge is 0.314 e. The van der Waals surface area contributed by atoms with Crippen molar-refractivity contribution in [2.45, 2.75) is 19.4 Å². The Hall–Kier alpha value is 0.680. The van der Waals surface area contributed by atoms with Gasteiger partial charge in [0, 0.05) is 41.2 Å². The first-order valence-electron chi connectivity index (χ1n) is 6.12. The van der Waals surface area contributed by atoms with Crippen molar-refractivity contribution in [3.05, 3.63) is 32.7 Å². The van der Waals surface area contributed by atoms with E-state index in [-0.39, 0.29) is 24.8 Å². The van der Waals surface area contributed by atoms with Crippen LogP contribution in [-0.4, -0.2) is 31.1 Å². The number of nitrogens with one attached hydrogen (secondary N) is 1. The van der Waals surface area contributed by atoms with Crippen LogP contribution >= 0.6 is 56.7 Å². The summed E-state index contributed by atoms with van der Waals surface area (Å²) in [5.74, 6) is 0. The van der Waals surface area contributed by atoms with Crippen molar-refractivity contribution >= 4 is 56.7 Å². The molecule has 1 saturated heterocycles. The van der Waals surface area contributed by atoms with E-state index in [1.165, 1.54) is 10.0 Å². The molecule has 0 spiro atoms. The highest BCUT2D eigenvalue weighted by Crippen LogP contribution is 2.32. The molecule has 0 saturated carbocycles. The minimum absolute atomic E-state index is 0. The Morgan fingerprint density at radius 3 is 2.42 bits per heavy atom. The van der Waals surface area contributed by atoms with E-state index in [4.69, 9.17) is 0 Å². The molecule has 1 aromatic carbocycles. The van der Waals surface area contributed by atoms with Crippen molar-refractivity contribution in [2.24, 2.45) is 0 Å². The van der Waals surface area contributed by atoms with Gasteiger partial charge in [-0.25, -0.2) is 0 Å². The summed E-state index contributed by atoms with van der Waals surface area (Å²) in [6.45, 7) is 6.74. The first kappa shape index (κ1) is 19.7. The van der Waals surface area contributed by atoms with Gasteiger partial charge < -0.3 is 5.32 Å². The second kappa shape index (κ2) is 9.59. The molecule has 0 amide bonds. The molecule has 1 heterocycles. The van der Waals surface area contributed by atoms with E-state index in [2.05, 4.69) is 67.2 Å². The zero-order valence-electron chi connectivity index (χ0n) is 10.9. The molecule has 0 unspecified atom stereocenters. The van der Waals surface area contributed by atoms with Gasteiger partial charge in [-0.15, -0.1) is 24.8 Å². The van der Waals surface area contributed by atoms with Crippen molar-refractivity contribution in [3.63, 3.8) is 0 Å². The van der Waals surface area contributed by atoms with E-state index in [0.29, 0.717) is 6.04 Å². The quantitative estimate of drug-likeness (QED) is 0.757.